The molecule has 152 valence electrons. The number of nitrogens with zero attached hydrogens (tertiary/aromatic N) is 4. The molecule has 28 heavy (non-hydrogen) atoms. The Morgan fingerprint density at radius 3 is 2.79 bits per heavy atom. The summed E-state index contributed by atoms with van der Waals surface area (Å²) < 4.78 is 34.4. The van der Waals surface area contributed by atoms with Gasteiger partial charge in [-0.05, 0) is 26.2 Å². The zero-order valence-corrected chi connectivity index (χ0v) is 17.1. The van der Waals surface area contributed by atoms with Crippen LogP contribution in [0.1, 0.15) is 16.2 Å². The minimum Gasteiger partial charge on any atom is -0.383 e. The highest BCUT2D eigenvalue weighted by Gasteiger charge is 2.34. The summed E-state index contributed by atoms with van der Waals surface area (Å²) in [6.45, 7) is 1.64. The summed E-state index contributed by atoms with van der Waals surface area (Å²) in [6.07, 6.45) is 1.50. The molecule has 2 aromatic rings. The molecular formula is C18H25N5O4S. The third kappa shape index (κ3) is 3.95. The third-order valence-corrected chi connectivity index (χ3v) is 6.43. The molecule has 1 aliphatic heterocycles. The van der Waals surface area contributed by atoms with Gasteiger partial charge in [-0.1, -0.05) is 12.1 Å². The van der Waals surface area contributed by atoms with Gasteiger partial charge in [-0.3, -0.25) is 9.36 Å². The maximum absolute atomic E-state index is 13.2. The Kier molecular flexibility index (Phi) is 6.14. The molecule has 1 amide bonds. The molecule has 10 heteroatoms. The highest BCUT2D eigenvalue weighted by atomic mass is 32.2. The maximum Gasteiger partial charge on any atom is 0.271 e. The van der Waals surface area contributed by atoms with Crippen LogP contribution in [0.15, 0.2) is 35.5 Å². The highest BCUT2D eigenvalue weighted by Crippen LogP contribution is 2.31. The number of aromatic nitrogens is 2. The Hall–Kier alpha value is -2.27. The summed E-state index contributed by atoms with van der Waals surface area (Å²) in [5, 5.41) is 2.84. The number of rotatable bonds is 7. The summed E-state index contributed by atoms with van der Waals surface area (Å²) in [5.41, 5.74) is 1.25. The second kappa shape index (κ2) is 8.39. The van der Waals surface area contributed by atoms with Gasteiger partial charge in [-0.15, -0.1) is 0 Å². The number of benzene rings is 1. The Morgan fingerprint density at radius 1 is 1.32 bits per heavy atom. The molecule has 0 unspecified atom stereocenters. The topological polar surface area (TPSA) is 96.8 Å². The Morgan fingerprint density at radius 2 is 2.07 bits per heavy atom. The van der Waals surface area contributed by atoms with E-state index in [2.05, 4.69) is 10.3 Å². The van der Waals surface area contributed by atoms with Crippen molar-refractivity contribution < 1.29 is 17.9 Å². The number of methoxy groups -OCH3 is 1. The van der Waals surface area contributed by atoms with Crippen LogP contribution >= 0.6 is 0 Å². The van der Waals surface area contributed by atoms with Gasteiger partial charge in [0, 0.05) is 26.7 Å². The van der Waals surface area contributed by atoms with Gasteiger partial charge in [0.15, 0.2) is 5.69 Å². The number of hydrogen-bond acceptors (Lipinski definition) is 6. The number of para-hydroxylation sites is 1. The number of imidazole rings is 1. The largest absolute Gasteiger partial charge is 0.383 e. The third-order valence-electron chi connectivity index (χ3n) is 4.54. The SMILES string of the molecule is COCCN1Cc2c(C(=O)NCCN(C)C)ncn2-c2ccccc2S1(=O)=O. The van der Waals surface area contributed by atoms with Crippen molar-refractivity contribution in [2.45, 2.75) is 11.4 Å². The molecule has 3 rings (SSSR count). The normalized spacial score (nSPS) is 15.7. The van der Waals surface area contributed by atoms with Crippen molar-refractivity contribution >= 4 is 15.9 Å². The summed E-state index contributed by atoms with van der Waals surface area (Å²) in [5.74, 6) is -0.320. The minimum absolute atomic E-state index is 0.0385. The molecule has 1 aromatic heterocycles. The van der Waals surface area contributed by atoms with E-state index in [4.69, 9.17) is 4.74 Å². The molecule has 0 fully saturated rings. The summed E-state index contributed by atoms with van der Waals surface area (Å²) in [4.78, 5) is 19.1. The molecule has 0 radical (unpaired) electrons. The summed E-state index contributed by atoms with van der Waals surface area (Å²) in [7, 11) is 1.63. The molecule has 0 spiro atoms. The van der Waals surface area contributed by atoms with Crippen molar-refractivity contribution in [1.29, 1.82) is 0 Å². The fraction of sp³-hybridized carbons (Fsp3) is 0.444. The van der Waals surface area contributed by atoms with E-state index in [1.807, 2.05) is 19.0 Å². The lowest BCUT2D eigenvalue weighted by molar-refractivity contribution is 0.0944. The monoisotopic (exact) mass is 407 g/mol. The molecule has 0 aliphatic carbocycles. The second-order valence-corrected chi connectivity index (χ2v) is 8.67. The zero-order chi connectivity index (χ0) is 20.3. The van der Waals surface area contributed by atoms with Crippen LogP contribution in [-0.2, 0) is 21.3 Å². The number of fused-ring (bicyclic) bond motifs is 3. The van der Waals surface area contributed by atoms with Gasteiger partial charge in [-0.2, -0.15) is 4.31 Å². The first-order valence-corrected chi connectivity index (χ1v) is 10.4. The van der Waals surface area contributed by atoms with Crippen molar-refractivity contribution in [2.24, 2.45) is 0 Å². The van der Waals surface area contributed by atoms with Crippen molar-refractivity contribution in [3.63, 3.8) is 0 Å². The first kappa shape index (κ1) is 20.5. The number of ether oxygens (including phenoxy) is 1. The van der Waals surface area contributed by atoms with Crippen LogP contribution in [0.3, 0.4) is 0 Å². The number of amides is 1. The smallest absolute Gasteiger partial charge is 0.271 e. The van der Waals surface area contributed by atoms with E-state index in [1.165, 1.54) is 17.7 Å². The van der Waals surface area contributed by atoms with E-state index in [0.29, 0.717) is 24.5 Å². The van der Waals surface area contributed by atoms with Gasteiger partial charge in [0.05, 0.1) is 24.5 Å². The van der Waals surface area contributed by atoms with Crippen molar-refractivity contribution in [3.05, 3.63) is 42.0 Å². The van der Waals surface area contributed by atoms with Crippen LogP contribution in [0, 0.1) is 0 Å². The first-order chi connectivity index (χ1) is 13.4. The lowest BCUT2D eigenvalue weighted by Crippen LogP contribution is -2.35. The number of likely N-dealkylation sites (N-methyl/N-ethyl adjacent to an activating group) is 1. The molecule has 1 N–H and O–H groups in total. The van der Waals surface area contributed by atoms with E-state index in [-0.39, 0.29) is 36.2 Å². The molecule has 0 bridgehead atoms. The lowest BCUT2D eigenvalue weighted by atomic mass is 10.2. The lowest BCUT2D eigenvalue weighted by Gasteiger charge is -2.20. The van der Waals surface area contributed by atoms with Gasteiger partial charge in [0.2, 0.25) is 10.0 Å². The Balaban J connectivity index is 2.02. The van der Waals surface area contributed by atoms with Gasteiger partial charge in [-0.25, -0.2) is 13.4 Å². The molecule has 1 aromatic carbocycles. The number of nitrogens with one attached hydrogen (secondary N) is 1. The standard InChI is InChI=1S/C18H25N5O4S/c1-21(2)9-8-19-18(24)17-15-12-22(10-11-27-3)28(25,26)16-7-5-4-6-14(16)23(15)13-20-17/h4-7,13H,8-12H2,1-3H3,(H,19,24). The van der Waals surface area contributed by atoms with Crippen LogP contribution in [0.5, 0.6) is 0 Å². The average Bonchev–Trinajstić information content (AvgIpc) is 3.04. The van der Waals surface area contributed by atoms with E-state index in [1.54, 1.807) is 28.8 Å². The van der Waals surface area contributed by atoms with Gasteiger partial charge < -0.3 is 15.0 Å². The molecular weight excluding hydrogens is 382 g/mol. The average molecular weight is 407 g/mol. The van der Waals surface area contributed by atoms with Crippen LogP contribution in [0.2, 0.25) is 0 Å². The zero-order valence-electron chi connectivity index (χ0n) is 16.3. The van der Waals surface area contributed by atoms with Crippen LogP contribution < -0.4 is 5.32 Å². The number of carbonyl (C=O) groups excluding carboxylic acids is 1. The van der Waals surface area contributed by atoms with Crippen molar-refractivity contribution in [1.82, 2.24) is 24.1 Å². The number of carbonyl (C=O) groups is 1. The molecule has 0 saturated heterocycles. The van der Waals surface area contributed by atoms with E-state index < -0.39 is 10.0 Å². The molecule has 2 heterocycles. The van der Waals surface area contributed by atoms with Crippen LogP contribution in [0.25, 0.3) is 5.69 Å². The highest BCUT2D eigenvalue weighted by molar-refractivity contribution is 7.89. The Bertz CT molecular complexity index is 955. The predicted molar refractivity (Wildman–Crippen MR) is 104 cm³/mol. The molecule has 9 nitrogen and oxygen atoms in total. The molecule has 0 atom stereocenters. The van der Waals surface area contributed by atoms with E-state index in [9.17, 15) is 13.2 Å². The van der Waals surface area contributed by atoms with Crippen LogP contribution in [0.4, 0.5) is 0 Å². The summed E-state index contributed by atoms with van der Waals surface area (Å²) >= 11 is 0. The van der Waals surface area contributed by atoms with Gasteiger partial charge in [0.25, 0.3) is 5.91 Å². The van der Waals surface area contributed by atoms with Gasteiger partial charge in [0.1, 0.15) is 11.2 Å². The fourth-order valence-electron chi connectivity index (χ4n) is 3.06. The molecule has 0 saturated carbocycles. The second-order valence-electron chi connectivity index (χ2n) is 6.77. The minimum atomic E-state index is -3.73. The number of hydrogen-bond donors (Lipinski definition) is 1. The first-order valence-electron chi connectivity index (χ1n) is 8.94. The van der Waals surface area contributed by atoms with Crippen molar-refractivity contribution in [2.75, 3.05) is 47.4 Å². The quantitative estimate of drug-likeness (QED) is 0.710. The van der Waals surface area contributed by atoms with Gasteiger partial charge >= 0.3 is 0 Å². The summed E-state index contributed by atoms with van der Waals surface area (Å²) in [6, 6.07) is 6.73. The molecule has 1 aliphatic rings. The maximum atomic E-state index is 13.2. The van der Waals surface area contributed by atoms with E-state index in [0.717, 1.165) is 0 Å². The fourth-order valence-corrected chi connectivity index (χ4v) is 4.62. The number of sulfonamides is 1. The Labute approximate surface area is 165 Å². The predicted octanol–water partition coefficient (Wildman–Crippen LogP) is 0.314. The van der Waals surface area contributed by atoms with Crippen molar-refractivity contribution in [3.8, 4) is 5.69 Å². The van der Waals surface area contributed by atoms with E-state index >= 15 is 0 Å². The van der Waals surface area contributed by atoms with Crippen LogP contribution in [-0.4, -0.2) is 80.5 Å².